The molecule has 0 aromatic heterocycles. The fourth-order valence-electron chi connectivity index (χ4n) is 3.66. The van der Waals surface area contributed by atoms with E-state index in [2.05, 4.69) is 10.6 Å². The molecule has 35 heavy (non-hydrogen) atoms. The quantitative estimate of drug-likeness (QED) is 0.336. The zero-order valence-electron chi connectivity index (χ0n) is 20.2. The molecule has 0 aliphatic carbocycles. The highest BCUT2D eigenvalue weighted by Gasteiger charge is 2.24. The SMILES string of the molecule is CC[C@@H](N[C@@H](C)C(=O)NCc1ccc(OC)cc1OC)c1ccc(Cl)c(Oc2ccccc2)c1F. The Balaban J connectivity index is 1.70. The minimum Gasteiger partial charge on any atom is -0.497 e. The van der Waals surface area contributed by atoms with Gasteiger partial charge < -0.3 is 19.5 Å². The first-order chi connectivity index (χ1) is 16.9. The van der Waals surface area contributed by atoms with Gasteiger partial charge in [-0.05, 0) is 43.7 Å². The summed E-state index contributed by atoms with van der Waals surface area (Å²) in [7, 11) is 3.14. The molecule has 0 fully saturated rings. The van der Waals surface area contributed by atoms with Crippen LogP contribution in [0, 0.1) is 5.82 Å². The molecule has 1 amide bonds. The highest BCUT2D eigenvalue weighted by molar-refractivity contribution is 6.32. The van der Waals surface area contributed by atoms with Gasteiger partial charge in [0, 0.05) is 29.8 Å². The van der Waals surface area contributed by atoms with E-state index in [0.717, 1.165) is 5.56 Å². The molecule has 3 aromatic carbocycles. The summed E-state index contributed by atoms with van der Waals surface area (Å²) >= 11 is 6.23. The Kier molecular flexibility index (Phi) is 9.34. The van der Waals surface area contributed by atoms with Gasteiger partial charge in [0.05, 0.1) is 25.3 Å². The van der Waals surface area contributed by atoms with Crippen molar-refractivity contribution in [2.24, 2.45) is 0 Å². The second-order valence-electron chi connectivity index (χ2n) is 7.94. The van der Waals surface area contributed by atoms with Crippen LogP contribution in [0.3, 0.4) is 0 Å². The topological polar surface area (TPSA) is 68.8 Å². The van der Waals surface area contributed by atoms with E-state index >= 15 is 4.39 Å². The number of benzene rings is 3. The number of carbonyl (C=O) groups is 1. The van der Waals surface area contributed by atoms with Gasteiger partial charge in [-0.3, -0.25) is 10.1 Å². The van der Waals surface area contributed by atoms with Crippen LogP contribution in [-0.2, 0) is 11.3 Å². The van der Waals surface area contributed by atoms with Crippen molar-refractivity contribution in [3.05, 3.63) is 82.6 Å². The van der Waals surface area contributed by atoms with E-state index in [1.54, 1.807) is 69.7 Å². The molecule has 3 rings (SSSR count). The normalized spacial score (nSPS) is 12.5. The Hall–Kier alpha value is -3.29. The van der Waals surface area contributed by atoms with Crippen molar-refractivity contribution in [1.29, 1.82) is 0 Å². The van der Waals surface area contributed by atoms with Gasteiger partial charge in [0.15, 0.2) is 11.6 Å². The predicted molar refractivity (Wildman–Crippen MR) is 135 cm³/mol. The van der Waals surface area contributed by atoms with E-state index in [1.807, 2.05) is 19.1 Å². The van der Waals surface area contributed by atoms with Gasteiger partial charge in [0.1, 0.15) is 17.2 Å². The van der Waals surface area contributed by atoms with Gasteiger partial charge in [-0.25, -0.2) is 4.39 Å². The molecule has 0 heterocycles. The molecule has 3 aromatic rings. The van der Waals surface area contributed by atoms with Crippen LogP contribution in [0.5, 0.6) is 23.0 Å². The van der Waals surface area contributed by atoms with Crippen molar-refractivity contribution in [3.63, 3.8) is 0 Å². The van der Waals surface area contributed by atoms with Crippen LogP contribution in [0.25, 0.3) is 0 Å². The molecule has 0 saturated carbocycles. The maximum atomic E-state index is 15.4. The minimum absolute atomic E-state index is 0.0423. The van der Waals surface area contributed by atoms with Crippen molar-refractivity contribution in [3.8, 4) is 23.0 Å². The zero-order chi connectivity index (χ0) is 25.4. The lowest BCUT2D eigenvalue weighted by Crippen LogP contribution is -2.43. The summed E-state index contributed by atoms with van der Waals surface area (Å²) in [5.41, 5.74) is 1.19. The third-order valence-corrected chi connectivity index (χ3v) is 5.92. The number of nitrogens with one attached hydrogen (secondary N) is 2. The summed E-state index contributed by atoms with van der Waals surface area (Å²) in [6.45, 7) is 3.92. The summed E-state index contributed by atoms with van der Waals surface area (Å²) in [6, 6.07) is 16.5. The standard InChI is InChI=1S/C27H30ClFN2O4/c1-5-23(21-13-14-22(28)26(25(21)29)35-19-9-7-6-8-10-19)31-17(2)27(32)30-16-18-11-12-20(33-3)15-24(18)34-4/h6-15,17,23,31H,5,16H2,1-4H3,(H,30,32)/t17-,23+/m0/s1. The first kappa shape index (κ1) is 26.3. The van der Waals surface area contributed by atoms with Crippen molar-refractivity contribution < 1.29 is 23.4 Å². The second kappa shape index (κ2) is 12.4. The van der Waals surface area contributed by atoms with Gasteiger partial charge in [-0.2, -0.15) is 0 Å². The summed E-state index contributed by atoms with van der Waals surface area (Å²) in [4.78, 5) is 12.8. The highest BCUT2D eigenvalue weighted by atomic mass is 35.5. The lowest BCUT2D eigenvalue weighted by Gasteiger charge is -2.24. The average Bonchev–Trinajstić information content (AvgIpc) is 2.88. The molecule has 0 unspecified atom stereocenters. The fraction of sp³-hybridized carbons (Fsp3) is 0.296. The maximum Gasteiger partial charge on any atom is 0.237 e. The van der Waals surface area contributed by atoms with Crippen molar-refractivity contribution >= 4 is 17.5 Å². The van der Waals surface area contributed by atoms with Crippen LogP contribution in [0.4, 0.5) is 4.39 Å². The lowest BCUT2D eigenvalue weighted by molar-refractivity contribution is -0.123. The molecule has 0 saturated heterocycles. The number of hydrogen-bond donors (Lipinski definition) is 2. The first-order valence-corrected chi connectivity index (χ1v) is 11.7. The van der Waals surface area contributed by atoms with E-state index in [4.69, 9.17) is 25.8 Å². The fourth-order valence-corrected chi connectivity index (χ4v) is 3.84. The Morgan fingerprint density at radius 3 is 2.43 bits per heavy atom. The van der Waals surface area contributed by atoms with Gasteiger partial charge >= 0.3 is 0 Å². The highest BCUT2D eigenvalue weighted by Crippen LogP contribution is 2.36. The van der Waals surface area contributed by atoms with Crippen LogP contribution < -0.4 is 24.8 Å². The van der Waals surface area contributed by atoms with Crippen LogP contribution in [0.15, 0.2) is 60.7 Å². The van der Waals surface area contributed by atoms with E-state index in [0.29, 0.717) is 29.2 Å². The number of rotatable bonds is 11. The van der Waals surface area contributed by atoms with Crippen LogP contribution in [0.2, 0.25) is 5.02 Å². The van der Waals surface area contributed by atoms with Gasteiger partial charge in [0.25, 0.3) is 0 Å². The third kappa shape index (κ3) is 6.65. The Labute approximate surface area is 210 Å². The molecule has 6 nitrogen and oxygen atoms in total. The van der Waals surface area contributed by atoms with Crippen molar-refractivity contribution in [1.82, 2.24) is 10.6 Å². The largest absolute Gasteiger partial charge is 0.497 e. The first-order valence-electron chi connectivity index (χ1n) is 11.3. The third-order valence-electron chi connectivity index (χ3n) is 5.62. The molecular formula is C27H30ClFN2O4. The number of methoxy groups -OCH3 is 2. The molecule has 2 N–H and O–H groups in total. The maximum absolute atomic E-state index is 15.4. The van der Waals surface area contributed by atoms with E-state index < -0.39 is 17.9 Å². The Morgan fingerprint density at radius 2 is 1.77 bits per heavy atom. The number of hydrogen-bond acceptors (Lipinski definition) is 5. The predicted octanol–water partition coefficient (Wildman–Crippen LogP) is 6.03. The van der Waals surface area contributed by atoms with Crippen LogP contribution >= 0.6 is 11.6 Å². The van der Waals surface area contributed by atoms with E-state index in [-0.39, 0.29) is 23.2 Å². The number of halogens is 2. The zero-order valence-corrected chi connectivity index (χ0v) is 21.0. The summed E-state index contributed by atoms with van der Waals surface area (Å²) in [5.74, 6) is 0.935. The molecule has 0 bridgehead atoms. The molecule has 0 spiro atoms. The molecule has 0 radical (unpaired) electrons. The smallest absolute Gasteiger partial charge is 0.237 e. The molecule has 2 atom stereocenters. The Morgan fingerprint density at radius 1 is 1.03 bits per heavy atom. The molecule has 186 valence electrons. The average molecular weight is 501 g/mol. The molecule has 8 heteroatoms. The van der Waals surface area contributed by atoms with E-state index in [1.165, 1.54) is 0 Å². The molecule has 0 aliphatic rings. The van der Waals surface area contributed by atoms with Crippen molar-refractivity contribution in [2.45, 2.75) is 38.9 Å². The van der Waals surface area contributed by atoms with Gasteiger partial charge in [-0.1, -0.05) is 42.8 Å². The second-order valence-corrected chi connectivity index (χ2v) is 8.35. The summed E-state index contributed by atoms with van der Waals surface area (Å²) in [6.07, 6.45) is 0.549. The minimum atomic E-state index is -0.585. The molecule has 0 aliphatic heterocycles. The Bertz CT molecular complexity index is 1140. The van der Waals surface area contributed by atoms with Crippen LogP contribution in [0.1, 0.15) is 37.4 Å². The summed E-state index contributed by atoms with van der Waals surface area (Å²) < 4.78 is 31.8. The van der Waals surface area contributed by atoms with Gasteiger partial charge in [0.2, 0.25) is 5.91 Å². The summed E-state index contributed by atoms with van der Waals surface area (Å²) in [5, 5.41) is 6.28. The molecular weight excluding hydrogens is 471 g/mol. The monoisotopic (exact) mass is 500 g/mol. The number of ether oxygens (including phenoxy) is 3. The van der Waals surface area contributed by atoms with Crippen molar-refractivity contribution in [2.75, 3.05) is 14.2 Å². The number of carbonyl (C=O) groups excluding carboxylic acids is 1. The van der Waals surface area contributed by atoms with Crippen LogP contribution in [-0.4, -0.2) is 26.2 Å². The number of amides is 1. The lowest BCUT2D eigenvalue weighted by atomic mass is 10.0. The van der Waals surface area contributed by atoms with Gasteiger partial charge in [-0.15, -0.1) is 0 Å². The number of para-hydroxylation sites is 1. The van der Waals surface area contributed by atoms with E-state index in [9.17, 15) is 4.79 Å².